The Morgan fingerprint density at radius 2 is 1.77 bits per heavy atom. The van der Waals surface area contributed by atoms with E-state index in [1.165, 1.54) is 19.2 Å². The number of benzene rings is 4. The molecule has 5 nitrogen and oxygen atoms in total. The van der Waals surface area contributed by atoms with E-state index in [0.29, 0.717) is 21.5 Å². The van der Waals surface area contributed by atoms with Gasteiger partial charge in [0, 0.05) is 5.56 Å². The lowest BCUT2D eigenvalue weighted by molar-refractivity contribution is -0.129. The molecule has 5 rings (SSSR count). The van der Waals surface area contributed by atoms with Crippen LogP contribution >= 0.6 is 15.9 Å². The fourth-order valence-corrected chi connectivity index (χ4v) is 4.29. The van der Waals surface area contributed by atoms with Crippen LogP contribution in [0.1, 0.15) is 16.7 Å². The van der Waals surface area contributed by atoms with Crippen LogP contribution in [0.3, 0.4) is 0 Å². The highest BCUT2D eigenvalue weighted by Crippen LogP contribution is 2.38. The fraction of sp³-hybridized carbons (Fsp3) is 0.0714. The number of halogens is 2. The van der Waals surface area contributed by atoms with E-state index < -0.39 is 5.97 Å². The monoisotopic (exact) mass is 531 g/mol. The van der Waals surface area contributed by atoms with Gasteiger partial charge in [0.2, 0.25) is 5.90 Å². The number of methoxy groups -OCH3 is 1. The standard InChI is InChI=1S/C28H19BrFNO4/c1-33-25-14-18(12-23(29)26(25)34-16-17-6-10-22(30)11-7-17)13-24-28(32)35-27(31-24)21-9-8-19-4-2-3-5-20(19)15-21/h2-15H,16H2,1H3/b24-13-. The first-order valence-corrected chi connectivity index (χ1v) is 11.6. The molecule has 0 bridgehead atoms. The molecule has 0 aromatic heterocycles. The van der Waals surface area contributed by atoms with Gasteiger partial charge in [-0.3, -0.25) is 0 Å². The molecule has 7 heteroatoms. The van der Waals surface area contributed by atoms with Crippen LogP contribution in [0.4, 0.5) is 4.39 Å². The van der Waals surface area contributed by atoms with E-state index in [1.807, 2.05) is 42.5 Å². The van der Waals surface area contributed by atoms with Crippen molar-refractivity contribution in [2.24, 2.45) is 4.99 Å². The van der Waals surface area contributed by atoms with E-state index in [2.05, 4.69) is 20.9 Å². The van der Waals surface area contributed by atoms with Crippen LogP contribution < -0.4 is 9.47 Å². The molecule has 174 valence electrons. The molecule has 0 fully saturated rings. The largest absolute Gasteiger partial charge is 0.493 e. The van der Waals surface area contributed by atoms with Gasteiger partial charge in [0.1, 0.15) is 12.4 Å². The van der Waals surface area contributed by atoms with Crippen LogP contribution in [-0.2, 0) is 16.1 Å². The summed E-state index contributed by atoms with van der Waals surface area (Å²) in [5.74, 6) is 0.394. The Kier molecular flexibility index (Phi) is 6.33. The van der Waals surface area contributed by atoms with Crippen LogP contribution in [0.5, 0.6) is 11.5 Å². The van der Waals surface area contributed by atoms with Crippen molar-refractivity contribution >= 4 is 44.6 Å². The summed E-state index contributed by atoms with van der Waals surface area (Å²) in [7, 11) is 1.53. The number of esters is 1. The van der Waals surface area contributed by atoms with Crippen molar-refractivity contribution in [3.8, 4) is 11.5 Å². The van der Waals surface area contributed by atoms with Crippen LogP contribution in [0.15, 0.2) is 94.0 Å². The SMILES string of the molecule is COc1cc(/C=C2\N=C(c3ccc4ccccc4c3)OC2=O)cc(Br)c1OCc1ccc(F)cc1. The number of ether oxygens (including phenoxy) is 3. The second-order valence-electron chi connectivity index (χ2n) is 7.85. The summed E-state index contributed by atoms with van der Waals surface area (Å²) in [5, 5.41) is 2.13. The van der Waals surface area contributed by atoms with Gasteiger partial charge >= 0.3 is 5.97 Å². The molecule has 35 heavy (non-hydrogen) atoms. The van der Waals surface area contributed by atoms with E-state index in [-0.39, 0.29) is 24.0 Å². The molecule has 1 heterocycles. The third-order valence-electron chi connectivity index (χ3n) is 5.47. The van der Waals surface area contributed by atoms with Crippen LogP contribution in [-0.4, -0.2) is 19.0 Å². The first-order valence-electron chi connectivity index (χ1n) is 10.8. The molecule has 4 aromatic carbocycles. The maximum atomic E-state index is 13.1. The van der Waals surface area contributed by atoms with E-state index in [9.17, 15) is 9.18 Å². The Bertz CT molecular complexity index is 1500. The number of hydrogen-bond acceptors (Lipinski definition) is 5. The highest BCUT2D eigenvalue weighted by Gasteiger charge is 2.24. The Labute approximate surface area is 209 Å². The minimum atomic E-state index is -0.528. The first-order chi connectivity index (χ1) is 17.0. The van der Waals surface area contributed by atoms with Crippen LogP contribution in [0.2, 0.25) is 0 Å². The molecule has 0 aliphatic carbocycles. The van der Waals surface area contributed by atoms with Crippen molar-refractivity contribution in [2.45, 2.75) is 6.61 Å². The lowest BCUT2D eigenvalue weighted by atomic mass is 10.1. The lowest BCUT2D eigenvalue weighted by Gasteiger charge is -2.13. The average Bonchev–Trinajstić information content (AvgIpc) is 3.23. The Morgan fingerprint density at radius 3 is 2.54 bits per heavy atom. The van der Waals surface area contributed by atoms with E-state index >= 15 is 0 Å². The number of carbonyl (C=O) groups is 1. The van der Waals surface area contributed by atoms with Crippen molar-refractivity contribution in [2.75, 3.05) is 7.11 Å². The highest BCUT2D eigenvalue weighted by molar-refractivity contribution is 9.10. The Morgan fingerprint density at radius 1 is 1.00 bits per heavy atom. The maximum absolute atomic E-state index is 13.1. The van der Waals surface area contributed by atoms with Gasteiger partial charge in [-0.2, -0.15) is 0 Å². The van der Waals surface area contributed by atoms with Gasteiger partial charge < -0.3 is 14.2 Å². The number of fused-ring (bicyclic) bond motifs is 1. The minimum Gasteiger partial charge on any atom is -0.493 e. The number of carbonyl (C=O) groups excluding carboxylic acids is 1. The fourth-order valence-electron chi connectivity index (χ4n) is 3.71. The number of aliphatic imine (C=N–C) groups is 1. The number of cyclic esters (lactones) is 1. The summed E-state index contributed by atoms with van der Waals surface area (Å²) < 4.78 is 30.6. The van der Waals surface area contributed by atoms with Gasteiger partial charge in [-0.15, -0.1) is 0 Å². The smallest absolute Gasteiger partial charge is 0.363 e. The van der Waals surface area contributed by atoms with E-state index in [4.69, 9.17) is 14.2 Å². The topological polar surface area (TPSA) is 57.1 Å². The summed E-state index contributed by atoms with van der Waals surface area (Å²) in [6.07, 6.45) is 1.63. The van der Waals surface area contributed by atoms with Crippen molar-refractivity contribution in [1.29, 1.82) is 0 Å². The molecule has 4 aromatic rings. The zero-order valence-electron chi connectivity index (χ0n) is 18.6. The van der Waals surface area contributed by atoms with Gasteiger partial charge in [-0.25, -0.2) is 14.2 Å². The number of hydrogen-bond donors (Lipinski definition) is 0. The molecule has 1 aliphatic rings. The summed E-state index contributed by atoms with van der Waals surface area (Å²) in [6, 6.07) is 23.4. The van der Waals surface area contributed by atoms with E-state index in [0.717, 1.165) is 21.9 Å². The van der Waals surface area contributed by atoms with Crippen molar-refractivity contribution in [3.63, 3.8) is 0 Å². The summed E-state index contributed by atoms with van der Waals surface area (Å²) in [6.45, 7) is 0.238. The average molecular weight is 532 g/mol. The summed E-state index contributed by atoms with van der Waals surface area (Å²) in [5.41, 5.74) is 2.40. The van der Waals surface area contributed by atoms with E-state index in [1.54, 1.807) is 30.3 Å². The second-order valence-corrected chi connectivity index (χ2v) is 8.70. The third-order valence-corrected chi connectivity index (χ3v) is 6.06. The molecule has 0 radical (unpaired) electrons. The predicted octanol–water partition coefficient (Wildman–Crippen LogP) is 6.67. The molecular weight excluding hydrogens is 513 g/mol. The highest BCUT2D eigenvalue weighted by atomic mass is 79.9. The molecule has 1 aliphatic heterocycles. The molecule has 0 amide bonds. The van der Waals surface area contributed by atoms with Gasteiger partial charge in [-0.05, 0) is 80.3 Å². The second kappa shape index (κ2) is 9.72. The number of rotatable bonds is 6. The van der Waals surface area contributed by atoms with Crippen molar-refractivity contribution < 1.29 is 23.4 Å². The van der Waals surface area contributed by atoms with Gasteiger partial charge in [0.25, 0.3) is 0 Å². The normalized spacial score (nSPS) is 14.2. The predicted molar refractivity (Wildman–Crippen MR) is 136 cm³/mol. The summed E-state index contributed by atoms with van der Waals surface area (Å²) in [4.78, 5) is 16.9. The quantitative estimate of drug-likeness (QED) is 0.206. The zero-order chi connectivity index (χ0) is 24.4. The molecule has 0 saturated heterocycles. The number of nitrogens with zero attached hydrogens (tertiary/aromatic N) is 1. The van der Waals surface area contributed by atoms with Crippen LogP contribution in [0.25, 0.3) is 16.8 Å². The molecule has 0 atom stereocenters. The molecule has 0 N–H and O–H groups in total. The van der Waals surface area contributed by atoms with Crippen LogP contribution in [0, 0.1) is 5.82 Å². The third kappa shape index (κ3) is 4.95. The Hall–Kier alpha value is -3.97. The molecule has 0 saturated carbocycles. The van der Waals surface area contributed by atoms with Gasteiger partial charge in [0.15, 0.2) is 17.2 Å². The minimum absolute atomic E-state index is 0.182. The molecule has 0 spiro atoms. The maximum Gasteiger partial charge on any atom is 0.363 e. The molecule has 0 unspecified atom stereocenters. The zero-order valence-corrected chi connectivity index (χ0v) is 20.2. The Balaban J connectivity index is 1.40. The van der Waals surface area contributed by atoms with Gasteiger partial charge in [0.05, 0.1) is 11.6 Å². The first kappa shape index (κ1) is 22.8. The van der Waals surface area contributed by atoms with Crippen molar-refractivity contribution in [1.82, 2.24) is 0 Å². The lowest BCUT2D eigenvalue weighted by Crippen LogP contribution is -2.05. The van der Waals surface area contributed by atoms with Gasteiger partial charge in [-0.1, -0.05) is 42.5 Å². The molecular formula is C28H19BrFNO4. The van der Waals surface area contributed by atoms with Crippen molar-refractivity contribution in [3.05, 3.63) is 112 Å². The summed E-state index contributed by atoms with van der Waals surface area (Å²) >= 11 is 3.51.